The number of anilines is 4. The molecule has 3 saturated heterocycles. The van der Waals surface area contributed by atoms with E-state index < -0.39 is 0 Å². The van der Waals surface area contributed by atoms with Gasteiger partial charge in [-0.25, -0.2) is 34.9 Å². The Morgan fingerprint density at radius 3 is 1.05 bits per heavy atom. The first-order valence-corrected chi connectivity index (χ1v) is 32.4. The molecule has 26 heteroatoms. The highest BCUT2D eigenvalue weighted by Gasteiger charge is 2.42. The number of hydrogen-bond acceptors (Lipinski definition) is 23. The number of aromatic nitrogens is 14. The zero-order valence-corrected chi connectivity index (χ0v) is 58.2. The Kier molecular flexibility index (Phi) is 19.7. The second-order valence-corrected chi connectivity index (χ2v) is 29.7. The van der Waals surface area contributed by atoms with Gasteiger partial charge in [0.15, 0.2) is 11.6 Å². The Hall–Kier alpha value is -8.81. The van der Waals surface area contributed by atoms with E-state index in [1.807, 2.05) is 24.3 Å². The molecule has 0 bridgehead atoms. The minimum absolute atomic E-state index is 0.0460. The van der Waals surface area contributed by atoms with Crippen molar-refractivity contribution in [1.82, 2.24) is 86.0 Å². The molecule has 0 amide bonds. The van der Waals surface area contributed by atoms with E-state index in [0.717, 1.165) is 67.1 Å². The third-order valence-electron chi connectivity index (χ3n) is 17.5. The molecule has 9 heterocycles. The van der Waals surface area contributed by atoms with Gasteiger partial charge in [0.1, 0.15) is 52.5 Å². The second-order valence-electron chi connectivity index (χ2n) is 29.0. The number of nitrogen functional groups attached to an aromatic ring is 1. The van der Waals surface area contributed by atoms with E-state index in [1.165, 1.54) is 12.7 Å². The van der Waals surface area contributed by atoms with E-state index in [2.05, 4.69) is 205 Å². The molecule has 3 aromatic carbocycles. The zero-order chi connectivity index (χ0) is 68.6. The van der Waals surface area contributed by atoms with Gasteiger partial charge in [0, 0.05) is 106 Å². The van der Waals surface area contributed by atoms with E-state index >= 15 is 0 Å². The normalized spacial score (nSPS) is 17.9. The summed E-state index contributed by atoms with van der Waals surface area (Å²) in [6.07, 6.45) is 20.8. The first-order valence-electron chi connectivity index (χ1n) is 31.6. The molecule has 500 valence electrons. The van der Waals surface area contributed by atoms with Crippen molar-refractivity contribution < 1.29 is 15.3 Å². The fourth-order valence-electron chi connectivity index (χ4n) is 14.1. The minimum atomic E-state index is 0.0460. The summed E-state index contributed by atoms with van der Waals surface area (Å²) < 4.78 is 0. The number of rotatable bonds is 12. The number of aromatic amines is 1. The second kappa shape index (κ2) is 27.1. The summed E-state index contributed by atoms with van der Waals surface area (Å²) in [4.78, 5) is 58.2. The predicted octanol–water partition coefficient (Wildman–Crippen LogP) is 11.8. The van der Waals surface area contributed by atoms with Crippen LogP contribution in [0.25, 0.3) is 67.7 Å². The van der Waals surface area contributed by atoms with Gasteiger partial charge in [0.25, 0.3) is 0 Å². The van der Waals surface area contributed by atoms with Crippen LogP contribution in [0.2, 0.25) is 10.4 Å². The molecule has 0 radical (unpaired) electrons. The van der Waals surface area contributed by atoms with Crippen molar-refractivity contribution in [3.63, 3.8) is 0 Å². The van der Waals surface area contributed by atoms with Gasteiger partial charge in [-0.15, -0.1) is 0 Å². The van der Waals surface area contributed by atoms with Crippen LogP contribution < -0.4 is 36.4 Å². The van der Waals surface area contributed by atoms with Gasteiger partial charge in [0.05, 0.1) is 60.5 Å². The van der Waals surface area contributed by atoms with Crippen LogP contribution in [0.1, 0.15) is 122 Å². The van der Waals surface area contributed by atoms with Crippen LogP contribution in [0.4, 0.5) is 23.4 Å². The molecule has 0 aliphatic carbocycles. The van der Waals surface area contributed by atoms with Gasteiger partial charge in [0.2, 0.25) is 11.2 Å². The van der Waals surface area contributed by atoms with Crippen molar-refractivity contribution in [2.24, 2.45) is 0 Å². The van der Waals surface area contributed by atoms with E-state index in [1.54, 1.807) is 73.7 Å². The van der Waals surface area contributed by atoms with Crippen molar-refractivity contribution in [1.29, 1.82) is 0 Å². The van der Waals surface area contributed by atoms with Gasteiger partial charge in [-0.05, 0) is 175 Å². The molecule has 0 saturated carbocycles. The van der Waals surface area contributed by atoms with Crippen LogP contribution in [0.15, 0.2) is 111 Å². The number of benzene rings is 3. The molecular formula is C69H87Cl2N21O3. The number of nitrogens with zero attached hydrogens (tertiary/aromatic N) is 16. The third-order valence-corrected chi connectivity index (χ3v) is 18.0. The highest BCUT2D eigenvalue weighted by Crippen LogP contribution is 2.40. The maximum absolute atomic E-state index is 10.6. The number of halogens is 2. The molecule has 0 atom stereocenters. The lowest BCUT2D eigenvalue weighted by atomic mass is 9.79. The van der Waals surface area contributed by atoms with Crippen molar-refractivity contribution in [3.8, 4) is 84.9 Å². The molecule has 3 aliphatic rings. The topological polar surface area (TPSA) is 316 Å². The van der Waals surface area contributed by atoms with Crippen molar-refractivity contribution >= 4 is 46.6 Å². The van der Waals surface area contributed by atoms with E-state index in [4.69, 9.17) is 28.9 Å². The smallest absolute Gasteiger partial charge is 0.225 e. The number of hydrogen-bond donors (Lipinski definition) is 8. The summed E-state index contributed by atoms with van der Waals surface area (Å²) in [6.45, 7) is 26.9. The molecule has 9 aromatic rings. The summed E-state index contributed by atoms with van der Waals surface area (Å²) in [7, 11) is 6.21. The largest absolute Gasteiger partial charge is 0.507 e. The lowest BCUT2D eigenvalue weighted by Gasteiger charge is -2.49. The summed E-state index contributed by atoms with van der Waals surface area (Å²) in [6, 6.07) is 16.8. The van der Waals surface area contributed by atoms with Gasteiger partial charge < -0.3 is 51.7 Å². The highest BCUT2D eigenvalue weighted by atomic mass is 35.5. The van der Waals surface area contributed by atoms with Gasteiger partial charge in [-0.3, -0.25) is 20.1 Å². The average molecular weight is 1330 g/mol. The molecule has 3 fully saturated rings. The van der Waals surface area contributed by atoms with Crippen LogP contribution >= 0.6 is 23.2 Å². The number of phenolic OH excluding ortho intramolecular Hbond substituents is 3. The van der Waals surface area contributed by atoms with Crippen LogP contribution in [-0.2, 0) is 0 Å². The first kappa shape index (κ1) is 69.0. The summed E-state index contributed by atoms with van der Waals surface area (Å²) in [5, 5.41) is 50.0. The SMILES string of the molecule is CN(c1cnc(-c2ccc(-c3cn[nH]c3Cl)cc2O)cn1)C1CC(C)(C)NC(C)(C)C1.CN(c1cnc(-c2ccc(-c3ncnc(Cl)n3)cc2O)cn1)C1CC(C)(C)NC(C)(C)C1.CN(c1cnc(-c2ccc(-c3ncnc(N)n3)cc2O)cn1)C1CC(C)(C)NC(C)(C)C1. The number of nitrogens with one attached hydrogen (secondary N) is 4. The fraction of sp³-hybridized carbons (Fsp3) is 0.435. The van der Waals surface area contributed by atoms with Gasteiger partial charge >= 0.3 is 0 Å². The molecule has 12 rings (SSSR count). The first-order chi connectivity index (χ1) is 44.6. The fourth-order valence-corrected chi connectivity index (χ4v) is 14.5. The number of phenols is 3. The van der Waals surface area contributed by atoms with Crippen molar-refractivity contribution in [3.05, 3.63) is 121 Å². The molecule has 0 spiro atoms. The molecule has 6 aromatic heterocycles. The molecule has 24 nitrogen and oxygen atoms in total. The summed E-state index contributed by atoms with van der Waals surface area (Å²) in [5.41, 5.74) is 12.3. The Labute approximate surface area is 565 Å². The van der Waals surface area contributed by atoms with Gasteiger partial charge in [-0.2, -0.15) is 15.1 Å². The number of piperidine rings is 3. The van der Waals surface area contributed by atoms with Crippen LogP contribution in [-0.4, -0.2) is 158 Å². The van der Waals surface area contributed by atoms with Crippen LogP contribution in [0, 0.1) is 0 Å². The van der Waals surface area contributed by atoms with Crippen molar-refractivity contribution in [2.45, 2.75) is 173 Å². The molecule has 9 N–H and O–H groups in total. The Morgan fingerprint density at radius 1 is 0.411 bits per heavy atom. The lowest BCUT2D eigenvalue weighted by molar-refractivity contribution is 0.160. The molecule has 95 heavy (non-hydrogen) atoms. The lowest BCUT2D eigenvalue weighted by Crippen LogP contribution is -2.62. The predicted molar refractivity (Wildman–Crippen MR) is 375 cm³/mol. The standard InChI is InChI=1S/C23H28ClN7O.C23H29ClN6O.C23H30N8O/c1-22(2)9-15(10-23(3,4)30-22)31(5)19-12-25-17(11-26-19)16-7-6-14(8-18(16)32)20-27-13-28-21(24)29-20;1-22(2)9-15(10-23(3,4)29-22)30(5)20-13-25-18(12-26-20)16-7-6-14(8-19(16)31)17-11-27-28-21(17)24;1-22(2)9-15(10-23(3,4)30-22)31(5)19-12-25-17(11-26-19)16-7-6-14(8-18(16)32)20-27-13-28-21(24)29-20/h6-8,11-13,15,30,32H,9-10H2,1-5H3;6-8,11-13,15,29,31H,9-10H2,1-5H3,(H,27,28);6-8,11-13,15,30,32H,9-10H2,1-5H3,(H2,24,27,28,29). The summed E-state index contributed by atoms with van der Waals surface area (Å²) in [5.74, 6) is 3.61. The van der Waals surface area contributed by atoms with E-state index in [9.17, 15) is 15.3 Å². The zero-order valence-electron chi connectivity index (χ0n) is 56.7. The van der Waals surface area contributed by atoms with Gasteiger partial charge in [-0.1, -0.05) is 29.8 Å². The van der Waals surface area contributed by atoms with Crippen molar-refractivity contribution in [2.75, 3.05) is 41.6 Å². The maximum Gasteiger partial charge on any atom is 0.225 e. The Balaban J connectivity index is 0.000000155. The average Bonchev–Trinajstić information content (AvgIpc) is 1.05. The Bertz CT molecular complexity index is 3920. The number of H-pyrrole nitrogens is 1. The number of aromatic hydroxyl groups is 3. The molecular weight excluding hydrogens is 1240 g/mol. The monoisotopic (exact) mass is 1330 g/mol. The quantitative estimate of drug-likeness (QED) is 0.0563. The maximum atomic E-state index is 10.6. The molecule has 3 aliphatic heterocycles. The number of nitrogens with two attached hydrogens (primary N) is 1. The van der Waals surface area contributed by atoms with Crippen LogP contribution in [0.5, 0.6) is 17.2 Å². The third kappa shape index (κ3) is 17.0. The minimum Gasteiger partial charge on any atom is -0.507 e. The summed E-state index contributed by atoms with van der Waals surface area (Å²) >= 11 is 11.9. The van der Waals surface area contributed by atoms with E-state index in [0.29, 0.717) is 79.8 Å². The highest BCUT2D eigenvalue weighted by molar-refractivity contribution is 6.32. The molecule has 0 unspecified atom stereocenters. The Morgan fingerprint density at radius 2 is 0.747 bits per heavy atom. The van der Waals surface area contributed by atoms with E-state index in [-0.39, 0.29) is 61.7 Å². The van der Waals surface area contributed by atoms with Crippen LogP contribution in [0.3, 0.4) is 0 Å².